The standard InChI is InChI=1S/C20H25IO2.4C2H6.CH4/c1-4-5-16-11-19(22)20(23)12-17(16)13(2)6-8-15-9-7-14(3)18(21)10-15;4*1-2;/h7,9-13,22-23H,4-6,8H2,1-3H3;4*1-2H3;1H4. The molecule has 1 atom stereocenters. The smallest absolute Gasteiger partial charge is 0.157 e. The van der Waals surface area contributed by atoms with Crippen LogP contribution in [0.2, 0.25) is 0 Å². The molecule has 2 N–H and O–H groups in total. The van der Waals surface area contributed by atoms with Gasteiger partial charge in [0.25, 0.3) is 0 Å². The molecule has 0 amide bonds. The third-order valence-electron chi connectivity index (χ3n) is 4.39. The molecule has 0 fully saturated rings. The first-order chi connectivity index (χ1) is 14.9. The van der Waals surface area contributed by atoms with E-state index in [1.54, 1.807) is 12.1 Å². The summed E-state index contributed by atoms with van der Waals surface area (Å²) in [4.78, 5) is 0. The maximum Gasteiger partial charge on any atom is 0.157 e. The molecule has 2 nitrogen and oxygen atoms in total. The van der Waals surface area contributed by atoms with E-state index in [1.165, 1.54) is 14.7 Å². The predicted octanol–water partition coefficient (Wildman–Crippen LogP) is 10.4. The zero-order valence-corrected chi connectivity index (χ0v) is 24.2. The Morgan fingerprint density at radius 3 is 1.78 bits per heavy atom. The van der Waals surface area contributed by atoms with E-state index in [0.717, 1.165) is 36.8 Å². The van der Waals surface area contributed by atoms with Crippen molar-refractivity contribution in [2.45, 2.75) is 115 Å². The maximum atomic E-state index is 9.84. The molecule has 0 aliphatic heterocycles. The molecule has 0 aliphatic rings. The fraction of sp³-hybridized carbons (Fsp3) is 0.586. The molecule has 2 rings (SSSR count). The maximum absolute atomic E-state index is 9.84. The van der Waals surface area contributed by atoms with Crippen LogP contribution >= 0.6 is 22.6 Å². The molecule has 2 aromatic rings. The van der Waals surface area contributed by atoms with Gasteiger partial charge in [0, 0.05) is 3.57 Å². The minimum atomic E-state index is -0.0170. The predicted molar refractivity (Wildman–Crippen MR) is 157 cm³/mol. The third kappa shape index (κ3) is 14.0. The SMILES string of the molecule is C.CC.CC.CC.CC.CCCc1cc(O)c(O)cc1C(C)CCc1ccc(C)c(I)c1. The topological polar surface area (TPSA) is 40.5 Å². The molecule has 0 spiro atoms. The van der Waals surface area contributed by atoms with E-state index < -0.39 is 0 Å². The fourth-order valence-electron chi connectivity index (χ4n) is 2.91. The van der Waals surface area contributed by atoms with Crippen LogP contribution in [0.4, 0.5) is 0 Å². The first kappa shape index (κ1) is 38.1. The molecule has 0 saturated carbocycles. The highest BCUT2D eigenvalue weighted by Crippen LogP contribution is 2.34. The highest BCUT2D eigenvalue weighted by Gasteiger charge is 2.14. The van der Waals surface area contributed by atoms with Gasteiger partial charge in [-0.3, -0.25) is 0 Å². The van der Waals surface area contributed by atoms with Crippen molar-refractivity contribution < 1.29 is 10.2 Å². The second-order valence-electron chi connectivity index (χ2n) is 6.31. The molecule has 3 heteroatoms. The monoisotopic (exact) mass is 560 g/mol. The summed E-state index contributed by atoms with van der Waals surface area (Å²) >= 11 is 2.38. The summed E-state index contributed by atoms with van der Waals surface area (Å²) in [5.74, 6) is 0.316. The molecule has 1 unspecified atom stereocenters. The Labute approximate surface area is 215 Å². The second kappa shape index (κ2) is 24.4. The van der Waals surface area contributed by atoms with Gasteiger partial charge >= 0.3 is 0 Å². The van der Waals surface area contributed by atoms with Crippen molar-refractivity contribution >= 4 is 22.6 Å². The van der Waals surface area contributed by atoms with Crippen molar-refractivity contribution in [3.8, 4) is 11.5 Å². The Hall–Kier alpha value is -1.23. The number of halogens is 1. The minimum Gasteiger partial charge on any atom is -0.504 e. The van der Waals surface area contributed by atoms with Crippen molar-refractivity contribution in [3.63, 3.8) is 0 Å². The summed E-state index contributed by atoms with van der Waals surface area (Å²) in [5, 5.41) is 19.6. The lowest BCUT2D eigenvalue weighted by Gasteiger charge is -2.18. The number of hydrogen-bond acceptors (Lipinski definition) is 2. The van der Waals surface area contributed by atoms with Crippen LogP contribution in [-0.2, 0) is 12.8 Å². The molecule has 32 heavy (non-hydrogen) atoms. The van der Waals surface area contributed by atoms with Crippen LogP contribution in [0, 0.1) is 10.5 Å². The summed E-state index contributed by atoms with van der Waals surface area (Å²) in [7, 11) is 0. The molecule has 0 saturated heterocycles. The molecular weight excluding hydrogens is 507 g/mol. The van der Waals surface area contributed by atoms with Gasteiger partial charge in [-0.15, -0.1) is 0 Å². The molecular formula is C29H53IO2. The van der Waals surface area contributed by atoms with Crippen LogP contribution in [0.3, 0.4) is 0 Å². The summed E-state index contributed by atoms with van der Waals surface area (Å²) < 4.78 is 1.31. The van der Waals surface area contributed by atoms with Gasteiger partial charge in [-0.05, 0) is 95.1 Å². The van der Waals surface area contributed by atoms with E-state index >= 15 is 0 Å². The highest BCUT2D eigenvalue weighted by atomic mass is 127. The normalized spacial score (nSPS) is 9.62. The quantitative estimate of drug-likeness (QED) is 0.273. The number of rotatable bonds is 6. The lowest BCUT2D eigenvalue weighted by atomic mass is 9.88. The van der Waals surface area contributed by atoms with Crippen molar-refractivity contribution in [1.82, 2.24) is 0 Å². The van der Waals surface area contributed by atoms with Gasteiger partial charge in [0.05, 0.1) is 0 Å². The van der Waals surface area contributed by atoms with Crippen molar-refractivity contribution in [2.24, 2.45) is 0 Å². The molecule has 0 aliphatic carbocycles. The summed E-state index contributed by atoms with van der Waals surface area (Å²) in [6.07, 6.45) is 4.00. The molecule has 0 aromatic heterocycles. The average molecular weight is 561 g/mol. The van der Waals surface area contributed by atoms with Crippen molar-refractivity contribution in [2.75, 3.05) is 0 Å². The number of hydrogen-bond donors (Lipinski definition) is 2. The van der Waals surface area contributed by atoms with Crippen LogP contribution in [0.15, 0.2) is 30.3 Å². The van der Waals surface area contributed by atoms with Gasteiger partial charge in [-0.25, -0.2) is 0 Å². The Bertz CT molecular complexity index is 681. The molecule has 0 radical (unpaired) electrons. The molecule has 188 valence electrons. The van der Waals surface area contributed by atoms with Crippen LogP contribution in [0.25, 0.3) is 0 Å². The van der Waals surface area contributed by atoms with E-state index in [-0.39, 0.29) is 18.9 Å². The number of phenols is 2. The van der Waals surface area contributed by atoms with Crippen molar-refractivity contribution in [1.29, 1.82) is 0 Å². The Kier molecular flexibility index (Phi) is 29.0. The molecule has 2 aromatic carbocycles. The first-order valence-corrected chi connectivity index (χ1v) is 13.3. The van der Waals surface area contributed by atoms with Crippen molar-refractivity contribution in [3.05, 3.63) is 56.2 Å². The Morgan fingerprint density at radius 2 is 1.31 bits per heavy atom. The number of phenolic OH excluding ortho intramolecular Hbond substituents is 2. The van der Waals surface area contributed by atoms with Crippen LogP contribution in [-0.4, -0.2) is 10.2 Å². The number of aromatic hydroxyl groups is 2. The Morgan fingerprint density at radius 1 is 0.812 bits per heavy atom. The van der Waals surface area contributed by atoms with Gasteiger partial charge in [0.2, 0.25) is 0 Å². The highest BCUT2D eigenvalue weighted by molar-refractivity contribution is 14.1. The lowest BCUT2D eigenvalue weighted by Crippen LogP contribution is -2.02. The lowest BCUT2D eigenvalue weighted by molar-refractivity contribution is 0.401. The molecule has 0 heterocycles. The van der Waals surface area contributed by atoms with E-state index in [1.807, 2.05) is 55.4 Å². The fourth-order valence-corrected chi connectivity index (χ4v) is 3.49. The molecule has 0 bridgehead atoms. The zero-order chi connectivity index (χ0) is 25.0. The number of benzene rings is 2. The van der Waals surface area contributed by atoms with E-state index in [2.05, 4.69) is 61.6 Å². The Balaban J connectivity index is -0.000000392. The summed E-state index contributed by atoms with van der Waals surface area (Å²) in [5.41, 5.74) is 4.97. The van der Waals surface area contributed by atoms with Gasteiger partial charge < -0.3 is 10.2 Å². The van der Waals surface area contributed by atoms with E-state index in [9.17, 15) is 10.2 Å². The van der Waals surface area contributed by atoms with Crippen LogP contribution in [0.5, 0.6) is 11.5 Å². The second-order valence-corrected chi connectivity index (χ2v) is 7.48. The van der Waals surface area contributed by atoms with Gasteiger partial charge in [0.1, 0.15) is 0 Å². The van der Waals surface area contributed by atoms with E-state index in [4.69, 9.17) is 0 Å². The summed E-state index contributed by atoms with van der Waals surface area (Å²) in [6.45, 7) is 22.5. The van der Waals surface area contributed by atoms with E-state index in [0.29, 0.717) is 5.92 Å². The van der Waals surface area contributed by atoms with Gasteiger partial charge in [0.15, 0.2) is 11.5 Å². The third-order valence-corrected chi connectivity index (χ3v) is 5.55. The zero-order valence-electron chi connectivity index (χ0n) is 22.1. The van der Waals surface area contributed by atoms with Crippen LogP contribution < -0.4 is 0 Å². The minimum absolute atomic E-state index is 0. The first-order valence-electron chi connectivity index (χ1n) is 12.2. The average Bonchev–Trinajstić information content (AvgIpc) is 2.82. The van der Waals surface area contributed by atoms with Gasteiger partial charge in [-0.1, -0.05) is 95.2 Å². The summed E-state index contributed by atoms with van der Waals surface area (Å²) in [6, 6.07) is 10.1. The largest absolute Gasteiger partial charge is 0.504 e. The number of aryl methyl sites for hydroxylation is 3. The van der Waals surface area contributed by atoms with Crippen LogP contribution in [0.1, 0.15) is 118 Å². The van der Waals surface area contributed by atoms with Gasteiger partial charge in [-0.2, -0.15) is 0 Å².